The molecule has 1 rings (SSSR count). The Morgan fingerprint density at radius 2 is 2.50 bits per heavy atom. The summed E-state index contributed by atoms with van der Waals surface area (Å²) in [5.74, 6) is 0.198. The molecule has 0 fully saturated rings. The Kier molecular flexibility index (Phi) is 3.09. The van der Waals surface area contributed by atoms with Gasteiger partial charge in [-0.3, -0.25) is 0 Å². The molecule has 2 atom stereocenters. The molecule has 2 heteroatoms. The van der Waals surface area contributed by atoms with Gasteiger partial charge in [0.1, 0.15) is 6.10 Å². The highest BCUT2D eigenvalue weighted by Gasteiger charge is 2.17. The molecule has 0 heterocycles. The first-order chi connectivity index (χ1) is 5.72. The Balaban J connectivity index is 2.39. The normalized spacial score (nSPS) is 28.1. The predicted molar refractivity (Wildman–Crippen MR) is 47.6 cm³/mol. The highest BCUT2D eigenvalue weighted by molar-refractivity contribution is 5.81. The zero-order valence-electron chi connectivity index (χ0n) is 7.32. The predicted octanol–water partition coefficient (Wildman–Crippen LogP) is 2.07. The fraction of sp³-hybridized carbons (Fsp3) is 0.500. The minimum absolute atomic E-state index is 0.0514. The van der Waals surface area contributed by atoms with Crippen molar-refractivity contribution in [1.82, 2.24) is 0 Å². The molecular formula is C10H14O2. The van der Waals surface area contributed by atoms with Crippen molar-refractivity contribution < 1.29 is 9.53 Å². The van der Waals surface area contributed by atoms with Crippen molar-refractivity contribution in [3.05, 3.63) is 24.8 Å². The van der Waals surface area contributed by atoms with Gasteiger partial charge in [-0.1, -0.05) is 25.7 Å². The van der Waals surface area contributed by atoms with Gasteiger partial charge in [-0.15, -0.1) is 0 Å². The maximum Gasteiger partial charge on any atom is 0.330 e. The van der Waals surface area contributed by atoms with Crippen LogP contribution < -0.4 is 0 Å². The fourth-order valence-corrected chi connectivity index (χ4v) is 1.36. The van der Waals surface area contributed by atoms with Crippen LogP contribution in [-0.4, -0.2) is 12.1 Å². The monoisotopic (exact) mass is 166 g/mol. The van der Waals surface area contributed by atoms with Crippen LogP contribution in [0, 0.1) is 5.92 Å². The van der Waals surface area contributed by atoms with E-state index in [-0.39, 0.29) is 12.1 Å². The lowest BCUT2D eigenvalue weighted by molar-refractivity contribution is -0.143. The summed E-state index contributed by atoms with van der Waals surface area (Å²) in [6.45, 7) is 5.47. The van der Waals surface area contributed by atoms with E-state index in [4.69, 9.17) is 4.74 Å². The van der Waals surface area contributed by atoms with Gasteiger partial charge < -0.3 is 4.74 Å². The minimum atomic E-state index is -0.317. The highest BCUT2D eigenvalue weighted by atomic mass is 16.5. The van der Waals surface area contributed by atoms with Crippen LogP contribution in [0.2, 0.25) is 0 Å². The Bertz CT molecular complexity index is 206. The van der Waals surface area contributed by atoms with Crippen LogP contribution in [0.15, 0.2) is 24.8 Å². The van der Waals surface area contributed by atoms with Crippen LogP contribution in [-0.2, 0) is 9.53 Å². The van der Waals surface area contributed by atoms with Crippen molar-refractivity contribution >= 4 is 5.97 Å². The molecule has 0 radical (unpaired) electrons. The van der Waals surface area contributed by atoms with Crippen molar-refractivity contribution in [3.8, 4) is 0 Å². The molecule has 2 nitrogen and oxygen atoms in total. The molecule has 1 aliphatic rings. The number of esters is 1. The van der Waals surface area contributed by atoms with Gasteiger partial charge in [0.15, 0.2) is 0 Å². The summed E-state index contributed by atoms with van der Waals surface area (Å²) in [5.41, 5.74) is 0. The van der Waals surface area contributed by atoms with E-state index in [2.05, 4.69) is 25.7 Å². The van der Waals surface area contributed by atoms with E-state index < -0.39 is 0 Å². The quantitative estimate of drug-likeness (QED) is 0.356. The molecule has 1 aliphatic carbocycles. The lowest BCUT2D eigenvalue weighted by Crippen LogP contribution is -2.20. The first-order valence-electron chi connectivity index (χ1n) is 4.22. The summed E-state index contributed by atoms with van der Waals surface area (Å²) in [4.78, 5) is 10.8. The number of carbonyl (C=O) groups is 1. The Hall–Kier alpha value is -1.05. The second kappa shape index (κ2) is 4.10. The van der Waals surface area contributed by atoms with Crippen molar-refractivity contribution in [2.24, 2.45) is 5.92 Å². The molecular weight excluding hydrogens is 152 g/mol. The first-order valence-corrected chi connectivity index (χ1v) is 4.22. The third-order valence-electron chi connectivity index (χ3n) is 1.95. The zero-order valence-corrected chi connectivity index (χ0v) is 7.32. The van der Waals surface area contributed by atoms with Crippen LogP contribution in [0.25, 0.3) is 0 Å². The standard InChI is InChI=1S/C10H14O2/c1-3-10(11)12-9-6-4-5-8(2)7-9/h3-5,8-9H,1,6-7H2,2H3. The molecule has 2 unspecified atom stereocenters. The van der Waals surface area contributed by atoms with E-state index in [1.165, 1.54) is 6.08 Å². The third kappa shape index (κ3) is 2.53. The van der Waals surface area contributed by atoms with E-state index in [9.17, 15) is 4.79 Å². The molecule has 0 aromatic heterocycles. The van der Waals surface area contributed by atoms with Gasteiger partial charge in [0.2, 0.25) is 0 Å². The van der Waals surface area contributed by atoms with Crippen LogP contribution in [0.3, 0.4) is 0 Å². The Morgan fingerprint density at radius 1 is 1.75 bits per heavy atom. The van der Waals surface area contributed by atoms with E-state index >= 15 is 0 Å². The maximum absolute atomic E-state index is 10.8. The largest absolute Gasteiger partial charge is 0.459 e. The molecule has 66 valence electrons. The average molecular weight is 166 g/mol. The maximum atomic E-state index is 10.8. The van der Waals surface area contributed by atoms with Gasteiger partial charge in [0.25, 0.3) is 0 Å². The van der Waals surface area contributed by atoms with Crippen molar-refractivity contribution in [2.45, 2.75) is 25.9 Å². The highest BCUT2D eigenvalue weighted by Crippen LogP contribution is 2.19. The van der Waals surface area contributed by atoms with Crippen LogP contribution >= 0.6 is 0 Å². The van der Waals surface area contributed by atoms with E-state index in [0.717, 1.165) is 12.8 Å². The first kappa shape index (κ1) is 9.04. The number of carbonyl (C=O) groups excluding carboxylic acids is 1. The van der Waals surface area contributed by atoms with Gasteiger partial charge >= 0.3 is 5.97 Å². The third-order valence-corrected chi connectivity index (χ3v) is 1.95. The van der Waals surface area contributed by atoms with Crippen molar-refractivity contribution in [3.63, 3.8) is 0 Å². The van der Waals surface area contributed by atoms with E-state index in [1.54, 1.807) is 0 Å². The summed E-state index contributed by atoms with van der Waals surface area (Å²) in [6, 6.07) is 0. The number of allylic oxidation sites excluding steroid dienone is 1. The SMILES string of the molecule is C=CC(=O)OC1CC=CC(C)C1. The number of hydrogen-bond donors (Lipinski definition) is 0. The molecule has 0 bridgehead atoms. The van der Waals surface area contributed by atoms with Crippen LogP contribution in [0.5, 0.6) is 0 Å². The summed E-state index contributed by atoms with van der Waals surface area (Å²) in [5, 5.41) is 0. The van der Waals surface area contributed by atoms with Gasteiger partial charge in [0, 0.05) is 12.5 Å². The summed E-state index contributed by atoms with van der Waals surface area (Å²) in [7, 11) is 0. The van der Waals surface area contributed by atoms with Crippen LogP contribution in [0.4, 0.5) is 0 Å². The molecule has 0 saturated carbocycles. The number of rotatable bonds is 2. The molecule has 0 aromatic rings. The smallest absolute Gasteiger partial charge is 0.330 e. The van der Waals surface area contributed by atoms with E-state index in [1.807, 2.05) is 0 Å². The molecule has 0 saturated heterocycles. The number of hydrogen-bond acceptors (Lipinski definition) is 2. The molecule has 0 amide bonds. The van der Waals surface area contributed by atoms with Gasteiger partial charge in [-0.2, -0.15) is 0 Å². The summed E-state index contributed by atoms with van der Waals surface area (Å²) >= 11 is 0. The Morgan fingerprint density at radius 3 is 3.08 bits per heavy atom. The lowest BCUT2D eigenvalue weighted by atomic mass is 9.95. The molecule has 12 heavy (non-hydrogen) atoms. The summed E-state index contributed by atoms with van der Waals surface area (Å²) < 4.78 is 5.10. The zero-order chi connectivity index (χ0) is 8.97. The average Bonchev–Trinajstić information content (AvgIpc) is 2.04. The fourth-order valence-electron chi connectivity index (χ4n) is 1.36. The van der Waals surface area contributed by atoms with E-state index in [0.29, 0.717) is 5.92 Å². The molecule has 0 spiro atoms. The Labute approximate surface area is 72.9 Å². The topological polar surface area (TPSA) is 26.3 Å². The molecule has 0 N–H and O–H groups in total. The minimum Gasteiger partial charge on any atom is -0.459 e. The second-order valence-corrected chi connectivity index (χ2v) is 3.14. The van der Waals surface area contributed by atoms with Gasteiger partial charge in [-0.25, -0.2) is 4.79 Å². The molecule has 0 aliphatic heterocycles. The second-order valence-electron chi connectivity index (χ2n) is 3.14. The van der Waals surface area contributed by atoms with Gasteiger partial charge in [0.05, 0.1) is 0 Å². The van der Waals surface area contributed by atoms with Crippen molar-refractivity contribution in [1.29, 1.82) is 0 Å². The summed E-state index contributed by atoms with van der Waals surface area (Å²) in [6.07, 6.45) is 7.24. The number of ether oxygens (including phenoxy) is 1. The van der Waals surface area contributed by atoms with Gasteiger partial charge in [-0.05, 0) is 12.3 Å². The molecule has 0 aromatic carbocycles. The van der Waals surface area contributed by atoms with Crippen LogP contribution in [0.1, 0.15) is 19.8 Å². The van der Waals surface area contributed by atoms with Crippen molar-refractivity contribution in [2.75, 3.05) is 0 Å². The lowest BCUT2D eigenvalue weighted by Gasteiger charge is -2.21.